The molecule has 0 aliphatic carbocycles. The SMILES string of the molecule is [Fe].c1ncncn1. The number of aromatic nitrogens is 3. The molecular weight excluding hydrogens is 134 g/mol. The zero-order valence-corrected chi connectivity index (χ0v) is 4.53. The van der Waals surface area contributed by atoms with E-state index in [9.17, 15) is 0 Å². The molecule has 0 bridgehead atoms. The van der Waals surface area contributed by atoms with E-state index in [2.05, 4.69) is 15.0 Å². The Balaban J connectivity index is 0.000000360. The number of rotatable bonds is 0. The van der Waals surface area contributed by atoms with Crippen LogP contribution in [-0.4, -0.2) is 15.0 Å². The van der Waals surface area contributed by atoms with Crippen molar-refractivity contribution in [2.75, 3.05) is 0 Å². The molecule has 0 amide bonds. The zero-order valence-electron chi connectivity index (χ0n) is 3.43. The molecule has 1 aromatic heterocycles. The first-order chi connectivity index (χ1) is 3.00. The summed E-state index contributed by atoms with van der Waals surface area (Å²) >= 11 is 0. The van der Waals surface area contributed by atoms with Gasteiger partial charge in [-0.2, -0.15) is 0 Å². The van der Waals surface area contributed by atoms with Crippen LogP contribution >= 0.6 is 0 Å². The van der Waals surface area contributed by atoms with Crippen molar-refractivity contribution in [1.82, 2.24) is 15.0 Å². The van der Waals surface area contributed by atoms with Crippen LogP contribution in [0.5, 0.6) is 0 Å². The van der Waals surface area contributed by atoms with Gasteiger partial charge in [0.15, 0.2) is 0 Å². The van der Waals surface area contributed by atoms with Gasteiger partial charge in [0.25, 0.3) is 0 Å². The monoisotopic (exact) mass is 137 g/mol. The van der Waals surface area contributed by atoms with Gasteiger partial charge in [0, 0.05) is 17.1 Å². The van der Waals surface area contributed by atoms with Crippen molar-refractivity contribution < 1.29 is 17.1 Å². The summed E-state index contributed by atoms with van der Waals surface area (Å²) in [6, 6.07) is 0. The van der Waals surface area contributed by atoms with Crippen LogP contribution in [0.25, 0.3) is 0 Å². The second-order valence-electron chi connectivity index (χ2n) is 0.794. The molecule has 0 saturated heterocycles. The molecule has 0 radical (unpaired) electrons. The molecule has 0 saturated carbocycles. The van der Waals surface area contributed by atoms with Gasteiger partial charge in [0.1, 0.15) is 19.0 Å². The van der Waals surface area contributed by atoms with Crippen molar-refractivity contribution in [3.05, 3.63) is 19.0 Å². The predicted octanol–water partition coefficient (Wildman–Crippen LogP) is -0.131. The Hall–Kier alpha value is -0.471. The van der Waals surface area contributed by atoms with Gasteiger partial charge in [-0.3, -0.25) is 0 Å². The van der Waals surface area contributed by atoms with Crippen molar-refractivity contribution >= 4 is 0 Å². The molecule has 4 heteroatoms. The maximum atomic E-state index is 3.56. The maximum Gasteiger partial charge on any atom is 0.119 e. The molecule has 7 heavy (non-hydrogen) atoms. The Morgan fingerprint density at radius 3 is 1.14 bits per heavy atom. The molecule has 1 heterocycles. The quantitative estimate of drug-likeness (QED) is 0.467. The molecule has 1 aromatic rings. The third-order valence-electron chi connectivity index (χ3n) is 0.400. The standard InChI is InChI=1S/C3H3N3.Fe/c1-4-2-6-3-5-1;/h1-3H;. The summed E-state index contributed by atoms with van der Waals surface area (Å²) in [5, 5.41) is 0. The zero-order chi connectivity index (χ0) is 4.24. The average molecular weight is 137 g/mol. The molecule has 0 aromatic carbocycles. The van der Waals surface area contributed by atoms with Gasteiger partial charge in [0.05, 0.1) is 0 Å². The first-order valence-electron chi connectivity index (χ1n) is 1.55. The second-order valence-corrected chi connectivity index (χ2v) is 0.794. The third kappa shape index (κ3) is 2.25. The van der Waals surface area contributed by atoms with Gasteiger partial charge in [-0.05, 0) is 0 Å². The van der Waals surface area contributed by atoms with E-state index in [1.54, 1.807) is 0 Å². The van der Waals surface area contributed by atoms with E-state index in [-0.39, 0.29) is 17.1 Å². The minimum Gasteiger partial charge on any atom is -0.225 e. The molecular formula is C3H3FeN3. The van der Waals surface area contributed by atoms with Crippen molar-refractivity contribution in [3.8, 4) is 0 Å². The fourth-order valence-electron chi connectivity index (χ4n) is 0.205. The van der Waals surface area contributed by atoms with Crippen molar-refractivity contribution in [2.45, 2.75) is 0 Å². The van der Waals surface area contributed by atoms with E-state index in [1.807, 2.05) is 0 Å². The summed E-state index contributed by atoms with van der Waals surface area (Å²) in [4.78, 5) is 10.7. The molecule has 0 N–H and O–H groups in total. The molecule has 0 fully saturated rings. The minimum atomic E-state index is 0. The van der Waals surface area contributed by atoms with Crippen LogP contribution in [0.2, 0.25) is 0 Å². The molecule has 0 aliphatic rings. The second kappa shape index (κ2) is 3.71. The van der Waals surface area contributed by atoms with Crippen molar-refractivity contribution in [2.24, 2.45) is 0 Å². The third-order valence-corrected chi connectivity index (χ3v) is 0.400. The summed E-state index contributed by atoms with van der Waals surface area (Å²) in [6.45, 7) is 0. The maximum absolute atomic E-state index is 3.56. The van der Waals surface area contributed by atoms with Crippen LogP contribution in [0.1, 0.15) is 0 Å². The minimum absolute atomic E-state index is 0. The van der Waals surface area contributed by atoms with E-state index in [0.717, 1.165) is 0 Å². The number of hydrogen-bond acceptors (Lipinski definition) is 3. The van der Waals surface area contributed by atoms with Gasteiger partial charge in [-0.15, -0.1) is 0 Å². The Morgan fingerprint density at radius 2 is 1.00 bits per heavy atom. The van der Waals surface area contributed by atoms with Crippen molar-refractivity contribution in [1.29, 1.82) is 0 Å². The Bertz CT molecular complexity index is 82.1. The first kappa shape index (κ1) is 6.53. The Kier molecular flexibility index (Phi) is 3.46. The molecule has 1 rings (SSSR count). The van der Waals surface area contributed by atoms with Crippen LogP contribution in [0, 0.1) is 0 Å². The van der Waals surface area contributed by atoms with Gasteiger partial charge in [0.2, 0.25) is 0 Å². The number of hydrogen-bond donors (Lipinski definition) is 0. The van der Waals surface area contributed by atoms with Crippen LogP contribution in [0.15, 0.2) is 19.0 Å². The van der Waals surface area contributed by atoms with Gasteiger partial charge in [-0.1, -0.05) is 0 Å². The molecule has 0 unspecified atom stereocenters. The van der Waals surface area contributed by atoms with Gasteiger partial charge >= 0.3 is 0 Å². The predicted molar refractivity (Wildman–Crippen MR) is 19.8 cm³/mol. The van der Waals surface area contributed by atoms with Crippen LogP contribution in [0.4, 0.5) is 0 Å². The van der Waals surface area contributed by atoms with Crippen molar-refractivity contribution in [3.63, 3.8) is 0 Å². The van der Waals surface area contributed by atoms with Crippen LogP contribution in [0.3, 0.4) is 0 Å². The van der Waals surface area contributed by atoms with Gasteiger partial charge in [-0.25, -0.2) is 15.0 Å². The molecule has 38 valence electrons. The largest absolute Gasteiger partial charge is 0.225 e. The summed E-state index contributed by atoms with van der Waals surface area (Å²) in [7, 11) is 0. The summed E-state index contributed by atoms with van der Waals surface area (Å²) in [5.74, 6) is 0. The topological polar surface area (TPSA) is 38.7 Å². The molecule has 0 spiro atoms. The smallest absolute Gasteiger partial charge is 0.119 e. The Morgan fingerprint density at radius 1 is 0.714 bits per heavy atom. The fraction of sp³-hybridized carbons (Fsp3) is 0. The normalized spacial score (nSPS) is 6.86. The van der Waals surface area contributed by atoms with E-state index in [0.29, 0.717) is 0 Å². The fourth-order valence-corrected chi connectivity index (χ4v) is 0.205. The summed E-state index contributed by atoms with van der Waals surface area (Å²) in [5.41, 5.74) is 0. The summed E-state index contributed by atoms with van der Waals surface area (Å²) in [6.07, 6.45) is 4.31. The first-order valence-corrected chi connectivity index (χ1v) is 1.55. The van der Waals surface area contributed by atoms with E-state index in [4.69, 9.17) is 0 Å². The number of nitrogens with zero attached hydrogens (tertiary/aromatic N) is 3. The van der Waals surface area contributed by atoms with E-state index in [1.165, 1.54) is 19.0 Å². The van der Waals surface area contributed by atoms with E-state index < -0.39 is 0 Å². The average Bonchev–Trinajstić information content (AvgIpc) is 1.72. The molecule has 0 atom stereocenters. The Labute approximate surface area is 51.7 Å². The van der Waals surface area contributed by atoms with Crippen LogP contribution in [-0.2, 0) is 17.1 Å². The van der Waals surface area contributed by atoms with E-state index >= 15 is 0 Å². The summed E-state index contributed by atoms with van der Waals surface area (Å²) < 4.78 is 0. The molecule has 3 nitrogen and oxygen atoms in total. The van der Waals surface area contributed by atoms with Gasteiger partial charge < -0.3 is 0 Å². The van der Waals surface area contributed by atoms with Crippen LogP contribution < -0.4 is 0 Å². The molecule has 0 aliphatic heterocycles.